The van der Waals surface area contributed by atoms with Crippen molar-refractivity contribution in [3.05, 3.63) is 38.9 Å². The topological polar surface area (TPSA) is 78.7 Å². The van der Waals surface area contributed by atoms with E-state index in [-0.39, 0.29) is 5.69 Å². The van der Waals surface area contributed by atoms with Crippen LogP contribution in [0.15, 0.2) is 27.9 Å². The Morgan fingerprint density at radius 2 is 2.42 bits per heavy atom. The zero-order chi connectivity index (χ0) is 8.97. The maximum Gasteiger partial charge on any atom is 0.267 e. The van der Waals surface area contributed by atoms with Crippen molar-refractivity contribution in [3.8, 4) is 0 Å². The monoisotopic (exact) mass is 226 g/mol. The SMILES string of the molecule is [N-]=[N+]=NC(=O)c1cccc(Br)n1. The predicted octanol–water partition coefficient (Wildman–Crippen LogP) is 2.29. The number of hydrogen-bond donors (Lipinski definition) is 0. The van der Waals surface area contributed by atoms with Crippen molar-refractivity contribution in [2.24, 2.45) is 5.11 Å². The van der Waals surface area contributed by atoms with Crippen molar-refractivity contribution in [3.63, 3.8) is 0 Å². The summed E-state index contributed by atoms with van der Waals surface area (Å²) in [6, 6.07) is 4.78. The first-order chi connectivity index (χ1) is 5.74. The second kappa shape index (κ2) is 3.85. The Morgan fingerprint density at radius 3 is 3.00 bits per heavy atom. The van der Waals surface area contributed by atoms with Gasteiger partial charge in [-0.3, -0.25) is 4.79 Å². The number of halogens is 1. The van der Waals surface area contributed by atoms with E-state index in [1.165, 1.54) is 6.07 Å². The summed E-state index contributed by atoms with van der Waals surface area (Å²) in [4.78, 5) is 17.0. The van der Waals surface area contributed by atoms with E-state index in [0.717, 1.165) is 0 Å². The third-order valence-electron chi connectivity index (χ3n) is 1.07. The highest BCUT2D eigenvalue weighted by atomic mass is 79.9. The highest BCUT2D eigenvalue weighted by Crippen LogP contribution is 2.06. The van der Waals surface area contributed by atoms with Crippen LogP contribution in [-0.2, 0) is 0 Å². The van der Waals surface area contributed by atoms with Crippen molar-refractivity contribution < 1.29 is 4.79 Å². The molecule has 0 N–H and O–H groups in total. The van der Waals surface area contributed by atoms with Crippen LogP contribution in [0.4, 0.5) is 0 Å². The number of nitrogens with zero attached hydrogens (tertiary/aromatic N) is 4. The van der Waals surface area contributed by atoms with Crippen LogP contribution in [0.5, 0.6) is 0 Å². The van der Waals surface area contributed by atoms with Crippen LogP contribution in [-0.4, -0.2) is 10.9 Å². The maximum absolute atomic E-state index is 10.9. The first-order valence-corrected chi connectivity index (χ1v) is 3.75. The van der Waals surface area contributed by atoms with E-state index in [9.17, 15) is 4.79 Å². The van der Waals surface area contributed by atoms with E-state index in [1.807, 2.05) is 0 Å². The van der Waals surface area contributed by atoms with Gasteiger partial charge in [0.05, 0.1) is 0 Å². The van der Waals surface area contributed by atoms with Gasteiger partial charge in [0.2, 0.25) is 0 Å². The molecule has 0 bridgehead atoms. The Balaban J connectivity index is 3.03. The molecule has 0 aliphatic carbocycles. The molecule has 0 atom stereocenters. The second-order valence-corrected chi connectivity index (χ2v) is 2.65. The van der Waals surface area contributed by atoms with Gasteiger partial charge in [-0.15, -0.1) is 0 Å². The molecule has 60 valence electrons. The van der Waals surface area contributed by atoms with Gasteiger partial charge in [-0.25, -0.2) is 4.98 Å². The molecule has 0 fully saturated rings. The van der Waals surface area contributed by atoms with E-state index in [4.69, 9.17) is 5.53 Å². The molecule has 6 heteroatoms. The van der Waals surface area contributed by atoms with E-state index < -0.39 is 5.91 Å². The van der Waals surface area contributed by atoms with Crippen molar-refractivity contribution >= 4 is 21.8 Å². The van der Waals surface area contributed by atoms with Gasteiger partial charge in [0.1, 0.15) is 10.3 Å². The number of hydrogen-bond acceptors (Lipinski definition) is 2. The number of carbonyl (C=O) groups excluding carboxylic acids is 1. The van der Waals surface area contributed by atoms with Crippen molar-refractivity contribution in [1.82, 2.24) is 4.98 Å². The van der Waals surface area contributed by atoms with E-state index in [0.29, 0.717) is 4.60 Å². The molecule has 1 heterocycles. The normalized spacial score (nSPS) is 8.75. The maximum atomic E-state index is 10.9. The Hall–Kier alpha value is -1.39. The van der Waals surface area contributed by atoms with Crippen LogP contribution in [0.25, 0.3) is 10.4 Å². The lowest BCUT2D eigenvalue weighted by atomic mass is 10.3. The van der Waals surface area contributed by atoms with E-state index >= 15 is 0 Å². The molecule has 1 amide bonds. The van der Waals surface area contributed by atoms with Crippen LogP contribution in [0.1, 0.15) is 10.5 Å². The summed E-state index contributed by atoms with van der Waals surface area (Å²) in [6.07, 6.45) is 0. The third-order valence-corrected chi connectivity index (χ3v) is 1.51. The number of aromatic nitrogens is 1. The zero-order valence-corrected chi connectivity index (χ0v) is 7.39. The predicted molar refractivity (Wildman–Crippen MR) is 45.4 cm³/mol. The summed E-state index contributed by atoms with van der Waals surface area (Å²) in [6.45, 7) is 0. The van der Waals surface area contributed by atoms with Crippen LogP contribution < -0.4 is 0 Å². The molecule has 0 aromatic carbocycles. The van der Waals surface area contributed by atoms with Gasteiger partial charge in [-0.05, 0) is 38.7 Å². The molecular weight excluding hydrogens is 224 g/mol. The zero-order valence-electron chi connectivity index (χ0n) is 5.81. The number of rotatable bonds is 1. The molecule has 1 rings (SSSR count). The summed E-state index contributed by atoms with van der Waals surface area (Å²) in [5, 5.41) is 2.89. The largest absolute Gasteiger partial charge is 0.285 e. The smallest absolute Gasteiger partial charge is 0.267 e. The minimum Gasteiger partial charge on any atom is -0.285 e. The van der Waals surface area contributed by atoms with E-state index in [1.54, 1.807) is 12.1 Å². The molecule has 0 saturated heterocycles. The summed E-state index contributed by atoms with van der Waals surface area (Å²) >= 11 is 3.08. The van der Waals surface area contributed by atoms with E-state index in [2.05, 4.69) is 30.9 Å². The molecule has 1 aromatic heterocycles. The Kier molecular flexibility index (Phi) is 2.79. The van der Waals surface area contributed by atoms with Crippen LogP contribution in [0, 0.1) is 0 Å². The summed E-state index contributed by atoms with van der Waals surface area (Å²) in [5.74, 6) is -0.682. The molecule has 5 nitrogen and oxygen atoms in total. The van der Waals surface area contributed by atoms with Gasteiger partial charge in [-0.2, -0.15) is 0 Å². The molecule has 12 heavy (non-hydrogen) atoms. The minimum atomic E-state index is -0.682. The molecule has 0 unspecified atom stereocenters. The second-order valence-electron chi connectivity index (χ2n) is 1.84. The van der Waals surface area contributed by atoms with Gasteiger partial charge in [-0.1, -0.05) is 6.07 Å². The molecule has 0 aliphatic heterocycles. The van der Waals surface area contributed by atoms with Gasteiger partial charge >= 0.3 is 0 Å². The lowest BCUT2D eigenvalue weighted by Gasteiger charge is -1.92. The average Bonchev–Trinajstić information content (AvgIpc) is 2.05. The number of carbonyl (C=O) groups is 1. The number of azide groups is 1. The van der Waals surface area contributed by atoms with Gasteiger partial charge in [0, 0.05) is 4.91 Å². The Labute approximate surface area is 76.2 Å². The fourth-order valence-corrected chi connectivity index (χ4v) is 0.963. The Morgan fingerprint density at radius 1 is 1.67 bits per heavy atom. The molecule has 0 aliphatic rings. The van der Waals surface area contributed by atoms with Gasteiger partial charge < -0.3 is 0 Å². The molecule has 1 aromatic rings. The van der Waals surface area contributed by atoms with Crippen LogP contribution in [0.2, 0.25) is 0 Å². The first kappa shape index (κ1) is 8.70. The quantitative estimate of drug-likeness (QED) is 0.319. The fraction of sp³-hybridized carbons (Fsp3) is 0. The number of amides is 1. The molecule has 0 spiro atoms. The molecular formula is C6H3BrN4O. The lowest BCUT2D eigenvalue weighted by Crippen LogP contribution is -1.96. The van der Waals surface area contributed by atoms with Gasteiger partial charge in [0.25, 0.3) is 5.91 Å². The minimum absolute atomic E-state index is 0.127. The van der Waals surface area contributed by atoms with Crippen LogP contribution >= 0.6 is 15.9 Å². The van der Waals surface area contributed by atoms with Crippen LogP contribution in [0.3, 0.4) is 0 Å². The molecule has 0 radical (unpaired) electrons. The third kappa shape index (κ3) is 2.05. The number of pyridine rings is 1. The standard InChI is InChI=1S/C6H3BrN4O/c7-5-3-1-2-4(9-5)6(12)10-11-8/h1-3H. The van der Waals surface area contributed by atoms with Crippen molar-refractivity contribution in [2.75, 3.05) is 0 Å². The van der Waals surface area contributed by atoms with Gasteiger partial charge in [0.15, 0.2) is 0 Å². The fourth-order valence-electron chi connectivity index (χ4n) is 0.619. The molecule has 0 saturated carbocycles. The first-order valence-electron chi connectivity index (χ1n) is 2.96. The lowest BCUT2D eigenvalue weighted by molar-refractivity contribution is 0.0995. The summed E-state index contributed by atoms with van der Waals surface area (Å²) in [7, 11) is 0. The summed E-state index contributed by atoms with van der Waals surface area (Å²) < 4.78 is 0.529. The summed E-state index contributed by atoms with van der Waals surface area (Å²) in [5.41, 5.74) is 8.09. The average molecular weight is 227 g/mol. The highest BCUT2D eigenvalue weighted by molar-refractivity contribution is 9.10. The highest BCUT2D eigenvalue weighted by Gasteiger charge is 2.03. The van der Waals surface area contributed by atoms with Crippen molar-refractivity contribution in [2.45, 2.75) is 0 Å². The Bertz CT molecular complexity index is 358. The van der Waals surface area contributed by atoms with Crippen molar-refractivity contribution in [1.29, 1.82) is 0 Å².